The molecule has 22 heavy (non-hydrogen) atoms. The van der Waals surface area contributed by atoms with E-state index in [0.29, 0.717) is 17.3 Å². The number of urea groups is 1. The van der Waals surface area contributed by atoms with E-state index in [1.165, 1.54) is 0 Å². The van der Waals surface area contributed by atoms with Gasteiger partial charge in [0.2, 0.25) is 0 Å². The first-order valence-electron chi connectivity index (χ1n) is 7.03. The van der Waals surface area contributed by atoms with E-state index in [-0.39, 0.29) is 12.1 Å². The summed E-state index contributed by atoms with van der Waals surface area (Å²) in [5, 5.41) is 10.4. The molecule has 0 spiro atoms. The van der Waals surface area contributed by atoms with Gasteiger partial charge in [-0.15, -0.1) is 0 Å². The molecule has 2 aromatic rings. The van der Waals surface area contributed by atoms with Crippen molar-refractivity contribution in [3.63, 3.8) is 0 Å². The first-order chi connectivity index (χ1) is 10.6. The number of rotatable bonds is 3. The SMILES string of the molecule is Cn1cc(NC(=O)N[C@@H]2CCN(c3ncccc3Cl)C2)cn1. The number of nitrogens with zero attached hydrogens (tertiary/aromatic N) is 4. The fraction of sp³-hybridized carbons (Fsp3) is 0.357. The maximum absolute atomic E-state index is 12.0. The molecule has 3 rings (SSSR count). The normalized spacial score (nSPS) is 17.5. The van der Waals surface area contributed by atoms with E-state index in [4.69, 9.17) is 11.6 Å². The van der Waals surface area contributed by atoms with Crippen LogP contribution in [-0.4, -0.2) is 39.9 Å². The third-order valence-corrected chi connectivity index (χ3v) is 3.82. The van der Waals surface area contributed by atoms with Crippen LogP contribution in [0.5, 0.6) is 0 Å². The summed E-state index contributed by atoms with van der Waals surface area (Å²) < 4.78 is 1.63. The fourth-order valence-corrected chi connectivity index (χ4v) is 2.76. The zero-order valence-electron chi connectivity index (χ0n) is 12.2. The van der Waals surface area contributed by atoms with Crippen molar-refractivity contribution in [3.8, 4) is 0 Å². The second-order valence-electron chi connectivity index (χ2n) is 5.24. The highest BCUT2D eigenvalue weighted by Crippen LogP contribution is 2.25. The summed E-state index contributed by atoms with van der Waals surface area (Å²) in [4.78, 5) is 18.3. The second kappa shape index (κ2) is 6.23. The summed E-state index contributed by atoms with van der Waals surface area (Å²) in [6.45, 7) is 1.51. The standard InChI is InChI=1S/C14H17ClN6O/c1-20-8-11(7-17-20)19-14(22)18-10-4-6-21(9-10)13-12(15)3-2-5-16-13/h2-3,5,7-8,10H,4,6,9H2,1H3,(H2,18,19,22)/t10-/m1/s1. The maximum atomic E-state index is 12.0. The first-order valence-corrected chi connectivity index (χ1v) is 7.41. The van der Waals surface area contributed by atoms with Gasteiger partial charge in [0, 0.05) is 38.6 Å². The Labute approximate surface area is 133 Å². The number of carbonyl (C=O) groups is 1. The van der Waals surface area contributed by atoms with E-state index in [0.717, 1.165) is 18.8 Å². The number of amides is 2. The molecule has 2 aromatic heterocycles. The van der Waals surface area contributed by atoms with Crippen LogP contribution in [0.2, 0.25) is 5.02 Å². The number of hydrogen-bond donors (Lipinski definition) is 2. The van der Waals surface area contributed by atoms with Gasteiger partial charge in [0.05, 0.1) is 16.9 Å². The third kappa shape index (κ3) is 3.30. The largest absolute Gasteiger partial charge is 0.353 e. The Hall–Kier alpha value is -2.28. The predicted octanol–water partition coefficient (Wildman–Crippen LogP) is 1.87. The van der Waals surface area contributed by atoms with Crippen molar-refractivity contribution >= 4 is 29.1 Å². The number of hydrogen-bond acceptors (Lipinski definition) is 4. The Morgan fingerprint density at radius 3 is 3.09 bits per heavy atom. The molecule has 0 aromatic carbocycles. The summed E-state index contributed by atoms with van der Waals surface area (Å²) in [5.74, 6) is 0.765. The molecule has 0 aliphatic carbocycles. The van der Waals surface area contributed by atoms with Gasteiger partial charge in [-0.05, 0) is 18.6 Å². The summed E-state index contributed by atoms with van der Waals surface area (Å²) in [5.41, 5.74) is 0.669. The lowest BCUT2D eigenvalue weighted by Crippen LogP contribution is -2.39. The second-order valence-corrected chi connectivity index (χ2v) is 5.65. The van der Waals surface area contributed by atoms with Gasteiger partial charge in [-0.2, -0.15) is 5.10 Å². The van der Waals surface area contributed by atoms with Crippen LogP contribution in [-0.2, 0) is 7.05 Å². The van der Waals surface area contributed by atoms with Gasteiger partial charge in [0.15, 0.2) is 0 Å². The van der Waals surface area contributed by atoms with E-state index in [9.17, 15) is 4.79 Å². The number of pyridine rings is 1. The molecular formula is C14H17ClN6O. The molecule has 0 radical (unpaired) electrons. The van der Waals surface area contributed by atoms with Crippen LogP contribution in [0.1, 0.15) is 6.42 Å². The lowest BCUT2D eigenvalue weighted by Gasteiger charge is -2.18. The summed E-state index contributed by atoms with van der Waals surface area (Å²) in [7, 11) is 1.80. The first kappa shape index (κ1) is 14.6. The molecule has 1 aliphatic heterocycles. The van der Waals surface area contributed by atoms with E-state index in [2.05, 4.69) is 25.6 Å². The van der Waals surface area contributed by atoms with Gasteiger partial charge in [-0.25, -0.2) is 9.78 Å². The van der Waals surface area contributed by atoms with Gasteiger partial charge in [0.1, 0.15) is 5.82 Å². The lowest BCUT2D eigenvalue weighted by atomic mass is 10.3. The fourth-order valence-electron chi connectivity index (χ4n) is 2.52. The number of anilines is 2. The Morgan fingerprint density at radius 1 is 1.50 bits per heavy atom. The highest BCUT2D eigenvalue weighted by atomic mass is 35.5. The molecule has 1 atom stereocenters. The molecule has 116 valence electrons. The maximum Gasteiger partial charge on any atom is 0.319 e. The predicted molar refractivity (Wildman–Crippen MR) is 85.2 cm³/mol. The minimum absolute atomic E-state index is 0.0646. The molecule has 0 unspecified atom stereocenters. The summed E-state index contributed by atoms with van der Waals surface area (Å²) in [6, 6.07) is 3.46. The number of aryl methyl sites for hydroxylation is 1. The van der Waals surface area contributed by atoms with Crippen LogP contribution < -0.4 is 15.5 Å². The Kier molecular flexibility index (Phi) is 4.15. The Balaban J connectivity index is 1.55. The van der Waals surface area contributed by atoms with Crippen molar-refractivity contribution in [2.75, 3.05) is 23.3 Å². The highest BCUT2D eigenvalue weighted by molar-refractivity contribution is 6.32. The van der Waals surface area contributed by atoms with Gasteiger partial charge >= 0.3 is 6.03 Å². The van der Waals surface area contributed by atoms with Crippen LogP contribution in [0.15, 0.2) is 30.7 Å². The topological polar surface area (TPSA) is 75.1 Å². The minimum Gasteiger partial charge on any atom is -0.353 e. The van der Waals surface area contributed by atoms with Crippen LogP contribution in [0.4, 0.5) is 16.3 Å². The van der Waals surface area contributed by atoms with E-state index in [1.54, 1.807) is 36.4 Å². The minimum atomic E-state index is -0.230. The molecule has 1 aliphatic rings. The molecule has 2 N–H and O–H groups in total. The zero-order chi connectivity index (χ0) is 15.5. The van der Waals surface area contributed by atoms with Crippen molar-refractivity contribution < 1.29 is 4.79 Å². The molecular weight excluding hydrogens is 304 g/mol. The van der Waals surface area contributed by atoms with Crippen LogP contribution in [0, 0.1) is 0 Å². The molecule has 2 amide bonds. The number of nitrogens with one attached hydrogen (secondary N) is 2. The molecule has 0 bridgehead atoms. The highest BCUT2D eigenvalue weighted by Gasteiger charge is 2.26. The van der Waals surface area contributed by atoms with E-state index < -0.39 is 0 Å². The Bertz CT molecular complexity index is 673. The molecule has 1 saturated heterocycles. The smallest absolute Gasteiger partial charge is 0.319 e. The van der Waals surface area contributed by atoms with Crippen molar-refractivity contribution in [1.82, 2.24) is 20.1 Å². The van der Waals surface area contributed by atoms with Crippen LogP contribution in [0.3, 0.4) is 0 Å². The van der Waals surface area contributed by atoms with Gasteiger partial charge < -0.3 is 15.5 Å². The third-order valence-electron chi connectivity index (χ3n) is 3.52. The van der Waals surface area contributed by atoms with Gasteiger partial charge in [-0.3, -0.25) is 4.68 Å². The van der Waals surface area contributed by atoms with Crippen LogP contribution in [0.25, 0.3) is 0 Å². The monoisotopic (exact) mass is 320 g/mol. The molecule has 3 heterocycles. The molecule has 8 heteroatoms. The van der Waals surface area contributed by atoms with Crippen LogP contribution >= 0.6 is 11.6 Å². The summed E-state index contributed by atoms with van der Waals surface area (Å²) >= 11 is 6.15. The molecule has 0 saturated carbocycles. The number of aromatic nitrogens is 3. The van der Waals surface area contributed by atoms with Gasteiger partial charge in [-0.1, -0.05) is 11.6 Å². The van der Waals surface area contributed by atoms with E-state index >= 15 is 0 Å². The Morgan fingerprint density at radius 2 is 2.36 bits per heavy atom. The number of carbonyl (C=O) groups excluding carboxylic acids is 1. The molecule has 1 fully saturated rings. The number of halogens is 1. The molecule has 7 nitrogen and oxygen atoms in total. The average molecular weight is 321 g/mol. The van der Waals surface area contributed by atoms with Crippen molar-refractivity contribution in [2.45, 2.75) is 12.5 Å². The van der Waals surface area contributed by atoms with E-state index in [1.807, 2.05) is 6.07 Å². The quantitative estimate of drug-likeness (QED) is 0.905. The zero-order valence-corrected chi connectivity index (χ0v) is 12.9. The van der Waals surface area contributed by atoms with Crippen molar-refractivity contribution in [3.05, 3.63) is 35.7 Å². The average Bonchev–Trinajstić information content (AvgIpc) is 3.09. The van der Waals surface area contributed by atoms with Crippen molar-refractivity contribution in [1.29, 1.82) is 0 Å². The van der Waals surface area contributed by atoms with Crippen molar-refractivity contribution in [2.24, 2.45) is 7.05 Å². The lowest BCUT2D eigenvalue weighted by molar-refractivity contribution is 0.249. The summed E-state index contributed by atoms with van der Waals surface area (Å²) in [6.07, 6.45) is 5.92. The van der Waals surface area contributed by atoms with Gasteiger partial charge in [0.25, 0.3) is 0 Å².